The Morgan fingerprint density at radius 2 is 1.83 bits per heavy atom. The molecule has 2 aliphatic heterocycles. The highest BCUT2D eigenvalue weighted by Crippen LogP contribution is 2.35. The largest absolute Gasteiger partial charge is 0.454 e. The summed E-state index contributed by atoms with van der Waals surface area (Å²) in [6, 6.07) is 2.64. The first-order valence-corrected chi connectivity index (χ1v) is 12.8. The van der Waals surface area contributed by atoms with Gasteiger partial charge >= 0.3 is 0 Å². The summed E-state index contributed by atoms with van der Waals surface area (Å²) in [5.41, 5.74) is 0.260. The quantitative estimate of drug-likeness (QED) is 0.478. The van der Waals surface area contributed by atoms with E-state index in [2.05, 4.69) is 15.5 Å². The number of fused-ring (bicyclic) bond motifs is 2. The Morgan fingerprint density at radius 3 is 2.53 bits per heavy atom. The van der Waals surface area contributed by atoms with Crippen LogP contribution >= 0.6 is 0 Å². The van der Waals surface area contributed by atoms with E-state index < -0.39 is 17.4 Å². The Morgan fingerprint density at radius 1 is 1.11 bits per heavy atom. The summed E-state index contributed by atoms with van der Waals surface area (Å²) in [6.07, 6.45) is 3.07. The number of hydrogen-bond acceptors (Lipinski definition) is 7. The number of ether oxygens (including phenoxy) is 3. The van der Waals surface area contributed by atoms with Crippen molar-refractivity contribution in [1.82, 2.24) is 20.1 Å². The first-order valence-electron chi connectivity index (χ1n) is 12.8. The Bertz CT molecular complexity index is 1160. The molecule has 2 aromatic rings. The van der Waals surface area contributed by atoms with Gasteiger partial charge in [0.2, 0.25) is 18.1 Å². The Labute approximate surface area is 210 Å². The Hall–Kier alpha value is -3.11. The molecule has 2 amide bonds. The van der Waals surface area contributed by atoms with Crippen molar-refractivity contribution in [3.8, 4) is 11.5 Å². The maximum atomic E-state index is 13.3. The third kappa shape index (κ3) is 5.65. The molecule has 3 heterocycles. The summed E-state index contributed by atoms with van der Waals surface area (Å²) >= 11 is 0. The van der Waals surface area contributed by atoms with E-state index in [1.165, 1.54) is 0 Å². The molecule has 0 unspecified atom stereocenters. The molecule has 0 bridgehead atoms. The van der Waals surface area contributed by atoms with E-state index >= 15 is 0 Å². The van der Waals surface area contributed by atoms with E-state index in [0.717, 1.165) is 39.3 Å². The summed E-state index contributed by atoms with van der Waals surface area (Å²) in [5.74, 6) is 0.156. The van der Waals surface area contributed by atoms with Crippen molar-refractivity contribution in [2.75, 3.05) is 46.2 Å². The summed E-state index contributed by atoms with van der Waals surface area (Å²) < 4.78 is 18.1. The molecule has 1 fully saturated rings. The number of aryl methyl sites for hydroxylation is 1. The van der Waals surface area contributed by atoms with Gasteiger partial charge < -0.3 is 29.4 Å². The molecule has 2 atom stereocenters. The van der Waals surface area contributed by atoms with Gasteiger partial charge in [-0.15, -0.1) is 0 Å². The van der Waals surface area contributed by atoms with Crippen LogP contribution < -0.4 is 25.5 Å². The lowest BCUT2D eigenvalue weighted by Crippen LogP contribution is -2.51. The highest BCUT2D eigenvalue weighted by molar-refractivity contribution is 6.00. The molecule has 10 nitrogen and oxygen atoms in total. The topological polar surface area (TPSA) is 111 Å². The van der Waals surface area contributed by atoms with Crippen LogP contribution in [0.3, 0.4) is 0 Å². The highest BCUT2D eigenvalue weighted by Gasteiger charge is 2.28. The molecular weight excluding hydrogens is 464 g/mol. The van der Waals surface area contributed by atoms with Crippen LogP contribution in [0, 0.1) is 5.92 Å². The predicted octanol–water partition coefficient (Wildman–Crippen LogP) is 1.73. The molecule has 36 heavy (non-hydrogen) atoms. The van der Waals surface area contributed by atoms with E-state index in [9.17, 15) is 14.4 Å². The van der Waals surface area contributed by atoms with Crippen LogP contribution in [-0.4, -0.2) is 73.5 Å². The van der Waals surface area contributed by atoms with Crippen molar-refractivity contribution in [3.05, 3.63) is 34.1 Å². The fourth-order valence-electron chi connectivity index (χ4n) is 4.57. The molecule has 1 aromatic heterocycles. The van der Waals surface area contributed by atoms with Gasteiger partial charge in [0.05, 0.1) is 24.1 Å². The van der Waals surface area contributed by atoms with Gasteiger partial charge in [0.15, 0.2) is 11.5 Å². The molecule has 0 saturated carbocycles. The van der Waals surface area contributed by atoms with Gasteiger partial charge in [-0.2, -0.15) is 0 Å². The second kappa shape index (κ2) is 11.7. The number of carbonyl (C=O) groups is 2. The van der Waals surface area contributed by atoms with Crippen LogP contribution in [0.4, 0.5) is 0 Å². The maximum Gasteiger partial charge on any atom is 0.257 e. The number of nitrogens with zero attached hydrogens (tertiary/aromatic N) is 2. The zero-order valence-electron chi connectivity index (χ0n) is 21.3. The van der Waals surface area contributed by atoms with Gasteiger partial charge in [-0.3, -0.25) is 19.3 Å². The summed E-state index contributed by atoms with van der Waals surface area (Å²) in [4.78, 5) is 42.0. The molecule has 2 N–H and O–H groups in total. The number of benzene rings is 1. The smallest absolute Gasteiger partial charge is 0.257 e. The second-order valence-electron chi connectivity index (χ2n) is 9.32. The first kappa shape index (κ1) is 26.0. The number of morpholine rings is 1. The van der Waals surface area contributed by atoms with Crippen molar-refractivity contribution in [2.24, 2.45) is 5.92 Å². The third-order valence-corrected chi connectivity index (χ3v) is 7.00. The number of pyridine rings is 1. The van der Waals surface area contributed by atoms with Gasteiger partial charge in [0.25, 0.3) is 5.91 Å². The van der Waals surface area contributed by atoms with Gasteiger partial charge in [-0.1, -0.05) is 20.3 Å². The monoisotopic (exact) mass is 500 g/mol. The van der Waals surface area contributed by atoms with E-state index in [1.807, 2.05) is 25.3 Å². The minimum atomic E-state index is -0.743. The van der Waals surface area contributed by atoms with Gasteiger partial charge in [-0.05, 0) is 31.9 Å². The van der Waals surface area contributed by atoms with Crippen molar-refractivity contribution in [1.29, 1.82) is 0 Å². The standard InChI is InChI=1S/C26H36N4O6/c1-4-17(3)23(26(33)27-7-6-8-29-9-11-34-12-10-29)28-25(32)19-15-30(5-2)20-14-22-21(35-16-36-22)13-18(20)24(19)31/h13-15,17,23H,4-12,16H2,1-3H3,(H,27,33)(H,28,32)/t17-,23+/m1/s1. The first-order chi connectivity index (χ1) is 17.4. The van der Waals surface area contributed by atoms with Gasteiger partial charge in [-0.25, -0.2) is 0 Å². The minimum Gasteiger partial charge on any atom is -0.454 e. The molecule has 10 heteroatoms. The third-order valence-electron chi connectivity index (χ3n) is 7.00. The molecule has 196 valence electrons. The number of hydrogen-bond donors (Lipinski definition) is 2. The number of rotatable bonds is 10. The summed E-state index contributed by atoms with van der Waals surface area (Å²) in [5, 5.41) is 6.18. The van der Waals surface area contributed by atoms with Crippen molar-refractivity contribution >= 4 is 22.7 Å². The zero-order chi connectivity index (χ0) is 25.7. The average molecular weight is 501 g/mol. The number of aromatic nitrogens is 1. The van der Waals surface area contributed by atoms with Crippen LogP contribution in [-0.2, 0) is 16.1 Å². The molecule has 1 saturated heterocycles. The van der Waals surface area contributed by atoms with Crippen LogP contribution in [0.25, 0.3) is 10.9 Å². The van der Waals surface area contributed by atoms with Gasteiger partial charge in [0, 0.05) is 38.4 Å². The number of nitrogens with one attached hydrogen (secondary N) is 2. The normalized spacial score (nSPS) is 17.1. The van der Waals surface area contributed by atoms with Crippen molar-refractivity contribution in [2.45, 2.75) is 46.2 Å². The van der Waals surface area contributed by atoms with E-state index in [0.29, 0.717) is 41.9 Å². The van der Waals surface area contributed by atoms with Crippen LogP contribution in [0.15, 0.2) is 23.1 Å². The Kier molecular flexibility index (Phi) is 8.48. The lowest BCUT2D eigenvalue weighted by molar-refractivity contribution is -0.124. The fraction of sp³-hybridized carbons (Fsp3) is 0.577. The van der Waals surface area contributed by atoms with E-state index in [1.54, 1.807) is 18.3 Å². The SMILES string of the molecule is CC[C@@H](C)[C@H](NC(=O)c1cn(CC)c2cc3c(cc2c1=O)OCO3)C(=O)NCCCN1CCOCC1. The molecule has 4 rings (SSSR count). The second-order valence-corrected chi connectivity index (χ2v) is 9.32. The van der Waals surface area contributed by atoms with Crippen molar-refractivity contribution in [3.63, 3.8) is 0 Å². The number of amides is 2. The van der Waals surface area contributed by atoms with E-state index in [-0.39, 0.29) is 24.2 Å². The van der Waals surface area contributed by atoms with Crippen LogP contribution in [0.5, 0.6) is 11.5 Å². The molecule has 2 aliphatic rings. The maximum absolute atomic E-state index is 13.3. The molecule has 0 spiro atoms. The van der Waals surface area contributed by atoms with Gasteiger partial charge in [0.1, 0.15) is 11.6 Å². The van der Waals surface area contributed by atoms with Crippen LogP contribution in [0.1, 0.15) is 44.0 Å². The van der Waals surface area contributed by atoms with Crippen LogP contribution in [0.2, 0.25) is 0 Å². The average Bonchev–Trinajstić information content (AvgIpc) is 3.36. The van der Waals surface area contributed by atoms with Crippen molar-refractivity contribution < 1.29 is 23.8 Å². The Balaban J connectivity index is 1.48. The highest BCUT2D eigenvalue weighted by atomic mass is 16.7. The lowest BCUT2D eigenvalue weighted by atomic mass is 9.97. The number of carbonyl (C=O) groups excluding carboxylic acids is 2. The lowest BCUT2D eigenvalue weighted by Gasteiger charge is -2.27. The molecule has 0 aliphatic carbocycles. The predicted molar refractivity (Wildman–Crippen MR) is 136 cm³/mol. The molecule has 1 aromatic carbocycles. The van der Waals surface area contributed by atoms with E-state index in [4.69, 9.17) is 14.2 Å². The summed E-state index contributed by atoms with van der Waals surface area (Å²) in [6.45, 7) is 11.2. The summed E-state index contributed by atoms with van der Waals surface area (Å²) in [7, 11) is 0. The minimum absolute atomic E-state index is 0.00312. The fourth-order valence-corrected chi connectivity index (χ4v) is 4.57. The molecule has 0 radical (unpaired) electrons. The molecular formula is C26H36N4O6. The zero-order valence-corrected chi connectivity index (χ0v) is 21.3.